The van der Waals surface area contributed by atoms with Crippen LogP contribution < -0.4 is 0 Å². The van der Waals surface area contributed by atoms with Crippen molar-refractivity contribution in [2.75, 3.05) is 40.6 Å². The highest BCUT2D eigenvalue weighted by molar-refractivity contribution is 5.74. The molecular weight excluding hydrogens is 456 g/mol. The van der Waals surface area contributed by atoms with Gasteiger partial charge in [-0.25, -0.2) is 0 Å². The Morgan fingerprint density at radius 3 is 1.11 bits per heavy atom. The molecule has 9 nitrogen and oxygen atoms in total. The molecule has 0 saturated heterocycles. The SMILES string of the molecule is COC(=O)[C@@H]1CCCC[C@@H](C(=O)OCCOCCOC(=O)[C@H]2CCCC[C@H](C(=O)OC)CC2)CC1. The minimum Gasteiger partial charge on any atom is -0.469 e. The second-order valence-corrected chi connectivity index (χ2v) is 9.50. The summed E-state index contributed by atoms with van der Waals surface area (Å²) in [6.07, 6.45) is 9.25. The molecule has 2 saturated carbocycles. The van der Waals surface area contributed by atoms with Crippen molar-refractivity contribution in [2.45, 2.75) is 77.0 Å². The van der Waals surface area contributed by atoms with Crippen LogP contribution in [0.4, 0.5) is 0 Å². The van der Waals surface area contributed by atoms with E-state index in [0.29, 0.717) is 25.7 Å². The molecule has 200 valence electrons. The summed E-state index contributed by atoms with van der Waals surface area (Å²) in [6.45, 7) is 0.735. The average Bonchev–Trinajstić information content (AvgIpc) is 2.82. The van der Waals surface area contributed by atoms with E-state index in [1.807, 2.05) is 0 Å². The van der Waals surface area contributed by atoms with Gasteiger partial charge in [0.25, 0.3) is 0 Å². The zero-order valence-corrected chi connectivity index (χ0v) is 21.3. The molecule has 2 aliphatic carbocycles. The quantitative estimate of drug-likeness (QED) is 0.253. The summed E-state index contributed by atoms with van der Waals surface area (Å²) in [5.74, 6) is -1.59. The van der Waals surface area contributed by atoms with Crippen molar-refractivity contribution in [1.29, 1.82) is 0 Å². The van der Waals surface area contributed by atoms with Crippen molar-refractivity contribution in [1.82, 2.24) is 0 Å². The molecule has 0 amide bonds. The van der Waals surface area contributed by atoms with Crippen LogP contribution in [0.1, 0.15) is 77.0 Å². The van der Waals surface area contributed by atoms with Gasteiger partial charge in [0.15, 0.2) is 0 Å². The highest BCUT2D eigenvalue weighted by atomic mass is 16.6. The summed E-state index contributed by atoms with van der Waals surface area (Å²) in [7, 11) is 2.79. The molecular formula is C26H42O9. The van der Waals surface area contributed by atoms with Crippen LogP contribution in [-0.4, -0.2) is 64.5 Å². The van der Waals surface area contributed by atoms with E-state index in [1.54, 1.807) is 0 Å². The van der Waals surface area contributed by atoms with Crippen molar-refractivity contribution in [2.24, 2.45) is 23.7 Å². The molecule has 0 heterocycles. The molecule has 2 fully saturated rings. The predicted molar refractivity (Wildman–Crippen MR) is 126 cm³/mol. The smallest absolute Gasteiger partial charge is 0.309 e. The zero-order chi connectivity index (χ0) is 25.5. The first-order chi connectivity index (χ1) is 17.0. The summed E-state index contributed by atoms with van der Waals surface area (Å²) in [4.78, 5) is 48.4. The van der Waals surface area contributed by atoms with E-state index >= 15 is 0 Å². The van der Waals surface area contributed by atoms with Crippen LogP contribution >= 0.6 is 0 Å². The molecule has 0 unspecified atom stereocenters. The molecule has 0 aliphatic heterocycles. The van der Waals surface area contributed by atoms with Crippen LogP contribution in [0.3, 0.4) is 0 Å². The first-order valence-corrected chi connectivity index (χ1v) is 13.0. The lowest BCUT2D eigenvalue weighted by atomic mass is 9.85. The van der Waals surface area contributed by atoms with E-state index in [1.165, 1.54) is 14.2 Å². The Morgan fingerprint density at radius 1 is 0.486 bits per heavy atom. The van der Waals surface area contributed by atoms with Crippen LogP contribution in [0, 0.1) is 23.7 Å². The van der Waals surface area contributed by atoms with E-state index in [-0.39, 0.29) is 74.0 Å². The molecule has 0 aromatic heterocycles. The molecule has 0 radical (unpaired) electrons. The third-order valence-corrected chi connectivity index (χ3v) is 7.12. The minimum absolute atomic E-state index is 0.140. The largest absolute Gasteiger partial charge is 0.469 e. The van der Waals surface area contributed by atoms with Crippen LogP contribution in [0.15, 0.2) is 0 Å². The number of ether oxygens (including phenoxy) is 5. The van der Waals surface area contributed by atoms with E-state index in [9.17, 15) is 19.2 Å². The summed E-state index contributed by atoms with van der Waals surface area (Å²) < 4.78 is 25.9. The number of esters is 4. The summed E-state index contributed by atoms with van der Waals surface area (Å²) in [6, 6.07) is 0. The van der Waals surface area contributed by atoms with Gasteiger partial charge in [-0.05, 0) is 51.4 Å². The normalized spacial score (nSPS) is 25.7. The van der Waals surface area contributed by atoms with E-state index in [2.05, 4.69) is 0 Å². The topological polar surface area (TPSA) is 114 Å². The fraction of sp³-hybridized carbons (Fsp3) is 0.846. The van der Waals surface area contributed by atoms with Crippen molar-refractivity contribution < 1.29 is 42.9 Å². The number of rotatable bonds is 10. The van der Waals surface area contributed by atoms with Crippen LogP contribution in [0.5, 0.6) is 0 Å². The maximum atomic E-state index is 12.4. The Hall–Kier alpha value is -2.16. The molecule has 2 aliphatic rings. The van der Waals surface area contributed by atoms with Gasteiger partial charge in [0.1, 0.15) is 13.2 Å². The summed E-state index contributed by atoms with van der Waals surface area (Å²) >= 11 is 0. The second kappa shape index (κ2) is 16.5. The van der Waals surface area contributed by atoms with Crippen molar-refractivity contribution >= 4 is 23.9 Å². The number of carbonyl (C=O) groups excluding carboxylic acids is 4. The fourth-order valence-electron chi connectivity index (χ4n) is 4.96. The molecule has 4 atom stereocenters. The molecule has 2 rings (SSSR count). The minimum atomic E-state index is -0.250. The standard InChI is InChI=1S/C26H42O9/c1-31-23(27)19-7-3-5-9-21(13-11-19)25(29)34-17-15-33-16-18-35-26(30)22-10-6-4-8-20(12-14-22)24(28)32-2/h19-22H,3-18H2,1-2H3/t19-,20+,21-,22+. The highest BCUT2D eigenvalue weighted by Crippen LogP contribution is 2.29. The molecule has 9 heteroatoms. The Balaban J connectivity index is 1.57. The van der Waals surface area contributed by atoms with Crippen molar-refractivity contribution in [3.05, 3.63) is 0 Å². The van der Waals surface area contributed by atoms with Gasteiger partial charge in [-0.3, -0.25) is 19.2 Å². The third-order valence-electron chi connectivity index (χ3n) is 7.12. The van der Waals surface area contributed by atoms with Gasteiger partial charge in [-0.2, -0.15) is 0 Å². The van der Waals surface area contributed by atoms with E-state index in [0.717, 1.165) is 51.4 Å². The molecule has 0 bridgehead atoms. The van der Waals surface area contributed by atoms with Crippen molar-refractivity contribution in [3.8, 4) is 0 Å². The maximum Gasteiger partial charge on any atom is 0.309 e. The number of hydrogen-bond acceptors (Lipinski definition) is 9. The summed E-state index contributed by atoms with van der Waals surface area (Å²) in [5, 5.41) is 0. The van der Waals surface area contributed by atoms with Crippen LogP contribution in [0.25, 0.3) is 0 Å². The monoisotopic (exact) mass is 498 g/mol. The molecule has 0 aromatic rings. The third kappa shape index (κ3) is 10.5. The van der Waals surface area contributed by atoms with Gasteiger partial charge in [0.05, 0.1) is 51.1 Å². The Labute approximate surface area is 208 Å². The van der Waals surface area contributed by atoms with Gasteiger partial charge in [-0.15, -0.1) is 0 Å². The fourth-order valence-corrected chi connectivity index (χ4v) is 4.96. The average molecular weight is 499 g/mol. The predicted octanol–water partition coefficient (Wildman–Crippen LogP) is 3.61. The lowest BCUT2D eigenvalue weighted by Gasteiger charge is -2.23. The number of methoxy groups -OCH3 is 2. The van der Waals surface area contributed by atoms with Gasteiger partial charge in [0, 0.05) is 0 Å². The van der Waals surface area contributed by atoms with Crippen LogP contribution in [-0.2, 0) is 42.9 Å². The molecule has 0 aromatic carbocycles. The Bertz CT molecular complexity index is 622. The van der Waals surface area contributed by atoms with Gasteiger partial charge >= 0.3 is 23.9 Å². The molecule has 35 heavy (non-hydrogen) atoms. The Morgan fingerprint density at radius 2 is 0.800 bits per heavy atom. The maximum absolute atomic E-state index is 12.4. The first kappa shape index (κ1) is 29.1. The summed E-state index contributed by atoms with van der Waals surface area (Å²) in [5.41, 5.74) is 0. The van der Waals surface area contributed by atoms with Gasteiger partial charge in [-0.1, -0.05) is 25.7 Å². The lowest BCUT2D eigenvalue weighted by molar-refractivity contribution is -0.154. The van der Waals surface area contributed by atoms with Gasteiger partial charge in [0.2, 0.25) is 0 Å². The Kier molecular flexibility index (Phi) is 13.7. The number of hydrogen-bond donors (Lipinski definition) is 0. The lowest BCUT2D eigenvalue weighted by Crippen LogP contribution is -2.25. The van der Waals surface area contributed by atoms with Crippen LogP contribution in [0.2, 0.25) is 0 Å². The van der Waals surface area contributed by atoms with Crippen molar-refractivity contribution in [3.63, 3.8) is 0 Å². The highest BCUT2D eigenvalue weighted by Gasteiger charge is 2.28. The molecule has 0 N–H and O–H groups in total. The second-order valence-electron chi connectivity index (χ2n) is 9.50. The number of carbonyl (C=O) groups is 4. The van der Waals surface area contributed by atoms with E-state index in [4.69, 9.17) is 23.7 Å². The van der Waals surface area contributed by atoms with E-state index < -0.39 is 0 Å². The molecule has 0 spiro atoms. The van der Waals surface area contributed by atoms with Gasteiger partial charge < -0.3 is 23.7 Å². The zero-order valence-electron chi connectivity index (χ0n) is 21.3. The first-order valence-electron chi connectivity index (χ1n) is 13.0.